The summed E-state index contributed by atoms with van der Waals surface area (Å²) in [5, 5.41) is 1.77. The van der Waals surface area contributed by atoms with E-state index in [2.05, 4.69) is 39.8 Å². The van der Waals surface area contributed by atoms with Crippen LogP contribution in [0.3, 0.4) is 0 Å². The van der Waals surface area contributed by atoms with Gasteiger partial charge in [-0.3, -0.25) is 9.36 Å². The van der Waals surface area contributed by atoms with Crippen LogP contribution in [0.25, 0.3) is 16.5 Å². The van der Waals surface area contributed by atoms with Gasteiger partial charge in [-0.15, -0.1) is 0 Å². The highest BCUT2D eigenvalue weighted by Crippen LogP contribution is 2.40. The van der Waals surface area contributed by atoms with Gasteiger partial charge in [-0.1, -0.05) is 24.3 Å². The lowest BCUT2D eigenvalue weighted by atomic mass is 9.76. The van der Waals surface area contributed by atoms with Gasteiger partial charge in [0.25, 0.3) is 5.56 Å². The highest BCUT2D eigenvalue weighted by molar-refractivity contribution is 6.62. The van der Waals surface area contributed by atoms with Crippen LogP contribution >= 0.6 is 0 Å². The van der Waals surface area contributed by atoms with E-state index in [0.717, 1.165) is 27.5 Å². The van der Waals surface area contributed by atoms with E-state index in [1.165, 1.54) is 18.4 Å². The lowest BCUT2D eigenvalue weighted by Gasteiger charge is -2.32. The average Bonchev–Trinajstić information content (AvgIpc) is 3.50. The molecule has 1 aromatic heterocycles. The van der Waals surface area contributed by atoms with Crippen molar-refractivity contribution in [1.29, 1.82) is 0 Å². The first-order valence-electron chi connectivity index (χ1n) is 10.8. The fraction of sp³-hybridized carbons (Fsp3) is 0.400. The molecule has 0 radical (unpaired) electrons. The maximum absolute atomic E-state index is 13.3. The van der Waals surface area contributed by atoms with Crippen LogP contribution in [0.5, 0.6) is 0 Å². The van der Waals surface area contributed by atoms with Crippen LogP contribution in [-0.4, -0.2) is 22.9 Å². The number of rotatable bonds is 3. The van der Waals surface area contributed by atoms with E-state index in [4.69, 9.17) is 9.31 Å². The van der Waals surface area contributed by atoms with Gasteiger partial charge in [0.05, 0.1) is 16.9 Å². The van der Waals surface area contributed by atoms with Gasteiger partial charge in [0.2, 0.25) is 0 Å². The summed E-state index contributed by atoms with van der Waals surface area (Å²) in [5.41, 5.74) is 3.36. The Bertz CT molecular complexity index is 1190. The fourth-order valence-electron chi connectivity index (χ4n) is 4.25. The Morgan fingerprint density at radius 3 is 2.37 bits per heavy atom. The molecule has 1 saturated carbocycles. The third kappa shape index (κ3) is 3.03. The average molecular weight is 401 g/mol. The first kappa shape index (κ1) is 19.6. The van der Waals surface area contributed by atoms with Crippen molar-refractivity contribution in [1.82, 2.24) is 4.57 Å². The van der Waals surface area contributed by atoms with E-state index in [1.807, 2.05) is 43.5 Å². The number of fused-ring (bicyclic) bond motifs is 1. The smallest absolute Gasteiger partial charge is 0.399 e. The Labute approximate surface area is 178 Å². The van der Waals surface area contributed by atoms with Gasteiger partial charge in [-0.25, -0.2) is 0 Å². The molecule has 5 rings (SSSR count). The van der Waals surface area contributed by atoms with E-state index >= 15 is 0 Å². The van der Waals surface area contributed by atoms with E-state index in [0.29, 0.717) is 5.92 Å². The Kier molecular flexibility index (Phi) is 4.29. The minimum absolute atomic E-state index is 0.00372. The van der Waals surface area contributed by atoms with Gasteiger partial charge < -0.3 is 9.31 Å². The predicted octanol–water partition coefficient (Wildman–Crippen LogP) is 4.48. The van der Waals surface area contributed by atoms with Crippen molar-refractivity contribution in [3.63, 3.8) is 0 Å². The summed E-state index contributed by atoms with van der Waals surface area (Å²) in [5.74, 6) is 0.677. The lowest BCUT2D eigenvalue weighted by molar-refractivity contribution is 0.00578. The molecule has 0 spiro atoms. The molecule has 0 unspecified atom stereocenters. The monoisotopic (exact) mass is 401 g/mol. The SMILES string of the molecule is Cc1c(B2OC(C)(C)C(C)(C)O2)cccc1-n1ccc2cc(C3CC3)ccc2c1=O. The first-order valence-corrected chi connectivity index (χ1v) is 10.8. The second-order valence-corrected chi connectivity index (χ2v) is 9.69. The number of pyridine rings is 1. The zero-order valence-electron chi connectivity index (χ0n) is 18.4. The zero-order chi connectivity index (χ0) is 21.3. The van der Waals surface area contributed by atoms with Crippen molar-refractivity contribution in [2.24, 2.45) is 0 Å². The topological polar surface area (TPSA) is 40.5 Å². The molecule has 0 N–H and O–H groups in total. The largest absolute Gasteiger partial charge is 0.495 e. The normalized spacial score (nSPS) is 20.1. The molecule has 30 heavy (non-hydrogen) atoms. The molecule has 0 bridgehead atoms. The molecule has 0 amide bonds. The van der Waals surface area contributed by atoms with E-state index in [-0.39, 0.29) is 5.56 Å². The molecule has 3 aromatic rings. The Morgan fingerprint density at radius 1 is 1.00 bits per heavy atom. The van der Waals surface area contributed by atoms with Gasteiger partial charge in [0, 0.05) is 11.6 Å². The minimum atomic E-state index is -0.452. The molecule has 1 aliphatic heterocycles. The Hall–Kier alpha value is -2.37. The summed E-state index contributed by atoms with van der Waals surface area (Å²) in [6.07, 6.45) is 4.40. The molecule has 2 aromatic carbocycles. The molecule has 1 aliphatic carbocycles. The molecule has 2 heterocycles. The van der Waals surface area contributed by atoms with Crippen molar-refractivity contribution in [3.05, 3.63) is 70.1 Å². The van der Waals surface area contributed by atoms with Crippen molar-refractivity contribution < 1.29 is 9.31 Å². The Morgan fingerprint density at radius 2 is 1.70 bits per heavy atom. The van der Waals surface area contributed by atoms with Crippen molar-refractivity contribution in [2.75, 3.05) is 0 Å². The quantitative estimate of drug-likeness (QED) is 0.608. The Balaban J connectivity index is 1.57. The molecule has 4 nitrogen and oxygen atoms in total. The van der Waals surface area contributed by atoms with Crippen LogP contribution in [0.4, 0.5) is 0 Å². The van der Waals surface area contributed by atoms with Crippen LogP contribution in [-0.2, 0) is 9.31 Å². The number of hydrogen-bond acceptors (Lipinski definition) is 3. The second-order valence-electron chi connectivity index (χ2n) is 9.69. The third-order valence-electron chi connectivity index (χ3n) is 7.09. The summed E-state index contributed by atoms with van der Waals surface area (Å²) < 4.78 is 14.2. The summed E-state index contributed by atoms with van der Waals surface area (Å²) in [7, 11) is -0.452. The van der Waals surface area contributed by atoms with Crippen LogP contribution < -0.4 is 11.0 Å². The molecule has 5 heteroatoms. The van der Waals surface area contributed by atoms with Gasteiger partial charge in [0.1, 0.15) is 0 Å². The van der Waals surface area contributed by atoms with Crippen LogP contribution in [0.2, 0.25) is 0 Å². The predicted molar refractivity (Wildman–Crippen MR) is 122 cm³/mol. The molecule has 2 fully saturated rings. The zero-order valence-corrected chi connectivity index (χ0v) is 18.4. The first-order chi connectivity index (χ1) is 14.2. The van der Waals surface area contributed by atoms with Gasteiger partial charge in [-0.05, 0) is 93.6 Å². The highest BCUT2D eigenvalue weighted by Gasteiger charge is 2.52. The van der Waals surface area contributed by atoms with Crippen molar-refractivity contribution in [2.45, 2.75) is 64.6 Å². The minimum Gasteiger partial charge on any atom is -0.399 e. The molecular weight excluding hydrogens is 373 g/mol. The third-order valence-corrected chi connectivity index (χ3v) is 7.09. The highest BCUT2D eigenvalue weighted by atomic mass is 16.7. The van der Waals surface area contributed by atoms with E-state index in [9.17, 15) is 4.79 Å². The van der Waals surface area contributed by atoms with Crippen LogP contribution in [0, 0.1) is 6.92 Å². The molecule has 2 aliphatic rings. The number of aromatic nitrogens is 1. The van der Waals surface area contributed by atoms with Crippen LogP contribution in [0.15, 0.2) is 53.5 Å². The van der Waals surface area contributed by atoms with Crippen molar-refractivity contribution >= 4 is 23.4 Å². The maximum atomic E-state index is 13.3. The van der Waals surface area contributed by atoms with Gasteiger partial charge >= 0.3 is 7.12 Å². The maximum Gasteiger partial charge on any atom is 0.495 e. The van der Waals surface area contributed by atoms with Crippen LogP contribution in [0.1, 0.15) is 57.6 Å². The van der Waals surface area contributed by atoms with Crippen molar-refractivity contribution in [3.8, 4) is 5.69 Å². The van der Waals surface area contributed by atoms with Gasteiger partial charge in [0.15, 0.2) is 0 Å². The second kappa shape index (κ2) is 6.56. The lowest BCUT2D eigenvalue weighted by Crippen LogP contribution is -2.41. The molecular formula is C25H28BNO3. The van der Waals surface area contributed by atoms with Gasteiger partial charge in [-0.2, -0.15) is 0 Å². The molecule has 1 saturated heterocycles. The summed E-state index contributed by atoms with van der Waals surface area (Å²) in [6, 6.07) is 14.3. The fourth-order valence-corrected chi connectivity index (χ4v) is 4.25. The summed E-state index contributed by atoms with van der Waals surface area (Å²) in [4.78, 5) is 13.3. The van der Waals surface area contributed by atoms with E-state index < -0.39 is 18.3 Å². The number of hydrogen-bond donors (Lipinski definition) is 0. The number of nitrogens with zero attached hydrogens (tertiary/aromatic N) is 1. The van der Waals surface area contributed by atoms with E-state index in [1.54, 1.807) is 4.57 Å². The summed E-state index contributed by atoms with van der Waals surface area (Å²) >= 11 is 0. The molecule has 154 valence electrons. The number of benzene rings is 2. The standard InChI is InChI=1S/C25H28BNO3/c1-16-21(26-29-24(2,3)25(4,5)30-26)7-6-8-22(16)27-14-13-19-15-18(17-9-10-17)11-12-20(19)23(27)28/h6-8,11-15,17H,9-10H2,1-5H3. The molecule has 0 atom stereocenters. The summed E-state index contributed by atoms with van der Waals surface area (Å²) in [6.45, 7) is 10.2.